The van der Waals surface area contributed by atoms with Crippen LogP contribution in [0.5, 0.6) is 0 Å². The van der Waals surface area contributed by atoms with Gasteiger partial charge in [-0.05, 0) is 60.3 Å². The molecule has 1 aliphatic rings. The molecule has 19 heavy (non-hydrogen) atoms. The second kappa shape index (κ2) is 5.81. The third-order valence-electron chi connectivity index (χ3n) is 3.99. The van der Waals surface area contributed by atoms with Gasteiger partial charge in [-0.2, -0.15) is 0 Å². The van der Waals surface area contributed by atoms with Gasteiger partial charge in [0.05, 0.1) is 11.3 Å². The third-order valence-corrected chi connectivity index (χ3v) is 4.63. The molecule has 2 rings (SSSR count). The number of piperidine rings is 1. The summed E-state index contributed by atoms with van der Waals surface area (Å²) in [7, 11) is 1.80. The molecule has 1 aliphatic heterocycles. The zero-order chi connectivity index (χ0) is 14.0. The number of methoxy groups -OCH3 is 1. The van der Waals surface area contributed by atoms with E-state index in [9.17, 15) is 0 Å². The van der Waals surface area contributed by atoms with Gasteiger partial charge in [-0.15, -0.1) is 0 Å². The Bertz CT molecular complexity index is 450. The summed E-state index contributed by atoms with van der Waals surface area (Å²) < 4.78 is 6.77. The van der Waals surface area contributed by atoms with E-state index in [0.29, 0.717) is 0 Å². The third kappa shape index (κ3) is 3.30. The number of nitrogens with zero attached hydrogens (tertiary/aromatic N) is 1. The summed E-state index contributed by atoms with van der Waals surface area (Å²) in [5, 5.41) is 0. The van der Waals surface area contributed by atoms with Crippen molar-refractivity contribution in [2.75, 3.05) is 25.1 Å². The lowest BCUT2D eigenvalue weighted by Crippen LogP contribution is -2.47. The van der Waals surface area contributed by atoms with E-state index < -0.39 is 0 Å². The molecule has 106 valence electrons. The van der Waals surface area contributed by atoms with Crippen molar-refractivity contribution >= 4 is 21.6 Å². The summed E-state index contributed by atoms with van der Waals surface area (Å²) in [5.74, 6) is 0. The molecule has 1 aromatic carbocycles. The van der Waals surface area contributed by atoms with Crippen LogP contribution in [0.2, 0.25) is 0 Å². The molecule has 1 aromatic rings. The first-order valence-electron chi connectivity index (χ1n) is 6.80. The van der Waals surface area contributed by atoms with Crippen LogP contribution < -0.4 is 10.6 Å². The monoisotopic (exact) mass is 326 g/mol. The van der Waals surface area contributed by atoms with Gasteiger partial charge in [0.25, 0.3) is 0 Å². The molecule has 0 aliphatic carbocycles. The van der Waals surface area contributed by atoms with Crippen LogP contribution in [0, 0.1) is 0 Å². The minimum Gasteiger partial charge on any atom is -0.377 e. The van der Waals surface area contributed by atoms with E-state index in [2.05, 4.69) is 46.0 Å². The van der Waals surface area contributed by atoms with E-state index in [1.54, 1.807) is 7.11 Å². The predicted molar refractivity (Wildman–Crippen MR) is 83.6 cm³/mol. The van der Waals surface area contributed by atoms with Gasteiger partial charge >= 0.3 is 0 Å². The van der Waals surface area contributed by atoms with Gasteiger partial charge < -0.3 is 15.4 Å². The maximum Gasteiger partial charge on any atom is 0.0825 e. The Labute approximate surface area is 124 Å². The molecule has 2 atom stereocenters. The summed E-state index contributed by atoms with van der Waals surface area (Å²) in [6.07, 6.45) is 2.28. The minimum atomic E-state index is -0.0441. The molecule has 1 fully saturated rings. The smallest absolute Gasteiger partial charge is 0.0825 e. The van der Waals surface area contributed by atoms with Crippen molar-refractivity contribution in [1.29, 1.82) is 0 Å². The molecule has 1 heterocycles. The topological polar surface area (TPSA) is 38.5 Å². The minimum absolute atomic E-state index is 0.0441. The van der Waals surface area contributed by atoms with Gasteiger partial charge in [-0.1, -0.05) is 6.07 Å². The van der Waals surface area contributed by atoms with Crippen LogP contribution in [0.3, 0.4) is 0 Å². The second-order valence-electron chi connectivity index (χ2n) is 5.68. The van der Waals surface area contributed by atoms with Crippen molar-refractivity contribution in [3.05, 3.63) is 28.2 Å². The molecule has 1 unspecified atom stereocenters. The number of ether oxygens (including phenoxy) is 1. The van der Waals surface area contributed by atoms with Crippen LogP contribution in [0.4, 0.5) is 5.69 Å². The van der Waals surface area contributed by atoms with E-state index in [0.717, 1.165) is 36.0 Å². The summed E-state index contributed by atoms with van der Waals surface area (Å²) in [4.78, 5) is 2.39. The van der Waals surface area contributed by atoms with E-state index in [-0.39, 0.29) is 11.6 Å². The largest absolute Gasteiger partial charge is 0.377 e. The summed E-state index contributed by atoms with van der Waals surface area (Å²) in [5.41, 5.74) is 8.26. The molecule has 0 radical (unpaired) electrons. The lowest BCUT2D eigenvalue weighted by molar-refractivity contribution is -0.00467. The Balaban J connectivity index is 2.22. The van der Waals surface area contributed by atoms with E-state index in [1.165, 1.54) is 5.69 Å². The van der Waals surface area contributed by atoms with Crippen LogP contribution in [-0.2, 0) is 4.74 Å². The molecule has 3 nitrogen and oxygen atoms in total. The maximum absolute atomic E-state index is 5.92. The average Bonchev–Trinajstić information content (AvgIpc) is 2.38. The van der Waals surface area contributed by atoms with Gasteiger partial charge in [-0.25, -0.2) is 0 Å². The molecule has 2 N–H and O–H groups in total. The predicted octanol–water partition coefficient (Wildman–Crippen LogP) is 3.47. The standard InChI is InChI=1S/C15H23BrN2O/c1-11(17)12-5-6-14(13(16)9-12)18-8-4-7-15(2,10-18)19-3/h5-6,9,11H,4,7-8,10,17H2,1-3H3/t11-,15?/m1/s1. The number of halogens is 1. The zero-order valence-electron chi connectivity index (χ0n) is 11.9. The zero-order valence-corrected chi connectivity index (χ0v) is 13.5. The first kappa shape index (κ1) is 14.8. The Hall–Kier alpha value is -0.580. The molecule has 0 saturated carbocycles. The van der Waals surface area contributed by atoms with Gasteiger partial charge in [0, 0.05) is 30.7 Å². The van der Waals surface area contributed by atoms with Crippen LogP contribution >= 0.6 is 15.9 Å². The highest BCUT2D eigenvalue weighted by atomic mass is 79.9. The number of nitrogens with two attached hydrogens (primary N) is 1. The Morgan fingerprint density at radius 1 is 1.47 bits per heavy atom. The molecule has 4 heteroatoms. The van der Waals surface area contributed by atoms with Crippen LogP contribution in [0.1, 0.15) is 38.3 Å². The fourth-order valence-corrected chi connectivity index (χ4v) is 3.29. The summed E-state index contributed by atoms with van der Waals surface area (Å²) in [6, 6.07) is 6.46. The highest BCUT2D eigenvalue weighted by Gasteiger charge is 2.31. The second-order valence-corrected chi connectivity index (χ2v) is 6.53. The molecule has 1 saturated heterocycles. The van der Waals surface area contributed by atoms with Crippen molar-refractivity contribution in [2.45, 2.75) is 38.3 Å². The Morgan fingerprint density at radius 3 is 2.79 bits per heavy atom. The number of anilines is 1. The molecule has 0 spiro atoms. The number of benzene rings is 1. The van der Waals surface area contributed by atoms with E-state index in [4.69, 9.17) is 10.5 Å². The van der Waals surface area contributed by atoms with Gasteiger partial charge in [0.2, 0.25) is 0 Å². The van der Waals surface area contributed by atoms with Crippen molar-refractivity contribution in [3.8, 4) is 0 Å². The Morgan fingerprint density at radius 2 is 2.21 bits per heavy atom. The first-order valence-corrected chi connectivity index (χ1v) is 7.59. The fraction of sp³-hybridized carbons (Fsp3) is 0.600. The highest BCUT2D eigenvalue weighted by Crippen LogP contribution is 2.33. The SMILES string of the molecule is COC1(C)CCCN(c2ccc([C@@H](C)N)cc2Br)C1. The highest BCUT2D eigenvalue weighted by molar-refractivity contribution is 9.10. The van der Waals surface area contributed by atoms with Crippen molar-refractivity contribution in [2.24, 2.45) is 5.73 Å². The quantitative estimate of drug-likeness (QED) is 0.924. The molecular formula is C15H23BrN2O. The fourth-order valence-electron chi connectivity index (χ4n) is 2.64. The van der Waals surface area contributed by atoms with Crippen LogP contribution in [0.25, 0.3) is 0 Å². The normalized spacial score (nSPS) is 25.4. The van der Waals surface area contributed by atoms with E-state index >= 15 is 0 Å². The van der Waals surface area contributed by atoms with Gasteiger partial charge in [0.1, 0.15) is 0 Å². The van der Waals surface area contributed by atoms with Crippen molar-refractivity contribution in [1.82, 2.24) is 0 Å². The maximum atomic E-state index is 5.92. The molecule has 0 bridgehead atoms. The average molecular weight is 327 g/mol. The lowest BCUT2D eigenvalue weighted by atomic mass is 9.94. The molecule has 0 amide bonds. The van der Waals surface area contributed by atoms with Crippen LogP contribution in [0.15, 0.2) is 22.7 Å². The van der Waals surface area contributed by atoms with Crippen molar-refractivity contribution in [3.63, 3.8) is 0 Å². The van der Waals surface area contributed by atoms with Crippen LogP contribution in [-0.4, -0.2) is 25.8 Å². The Kier molecular flexibility index (Phi) is 4.54. The number of hydrogen-bond acceptors (Lipinski definition) is 3. The number of rotatable bonds is 3. The molecular weight excluding hydrogens is 304 g/mol. The first-order chi connectivity index (χ1) is 8.95. The summed E-state index contributed by atoms with van der Waals surface area (Å²) in [6.45, 7) is 6.20. The summed E-state index contributed by atoms with van der Waals surface area (Å²) >= 11 is 3.67. The lowest BCUT2D eigenvalue weighted by Gasteiger charge is -2.41. The van der Waals surface area contributed by atoms with Crippen molar-refractivity contribution < 1.29 is 4.74 Å². The van der Waals surface area contributed by atoms with E-state index in [1.807, 2.05) is 6.92 Å². The number of hydrogen-bond donors (Lipinski definition) is 1. The van der Waals surface area contributed by atoms with Gasteiger partial charge in [-0.3, -0.25) is 0 Å². The molecule has 0 aromatic heterocycles. The van der Waals surface area contributed by atoms with Gasteiger partial charge in [0.15, 0.2) is 0 Å².